The van der Waals surface area contributed by atoms with Crippen LogP contribution < -0.4 is 9.64 Å². The van der Waals surface area contributed by atoms with Crippen molar-refractivity contribution < 1.29 is 4.74 Å². The number of benzene rings is 8. The van der Waals surface area contributed by atoms with Gasteiger partial charge in [-0.1, -0.05) is 140 Å². The van der Waals surface area contributed by atoms with Crippen molar-refractivity contribution in [2.24, 2.45) is 0 Å². The molecule has 4 heteroatoms. The second-order valence-electron chi connectivity index (χ2n) is 13.7. The normalized spacial score (nSPS) is 12.2. The second-order valence-corrected chi connectivity index (χ2v) is 13.7. The first-order valence-electron chi connectivity index (χ1n) is 18.4. The molecule has 10 aromatic rings. The molecule has 54 heavy (non-hydrogen) atoms. The van der Waals surface area contributed by atoms with Crippen LogP contribution in [-0.2, 0) is 0 Å². The minimum atomic E-state index is 0.836. The van der Waals surface area contributed by atoms with Gasteiger partial charge >= 0.3 is 0 Å². The maximum absolute atomic E-state index is 6.39. The summed E-state index contributed by atoms with van der Waals surface area (Å²) in [6, 6.07) is 71.4. The molecule has 0 unspecified atom stereocenters. The van der Waals surface area contributed by atoms with Gasteiger partial charge in [-0.15, -0.1) is 0 Å². The van der Waals surface area contributed by atoms with Crippen LogP contribution >= 0.6 is 0 Å². The molecule has 11 rings (SSSR count). The summed E-state index contributed by atoms with van der Waals surface area (Å²) in [7, 11) is 0. The van der Waals surface area contributed by atoms with E-state index in [0.717, 1.165) is 51.0 Å². The molecule has 254 valence electrons. The first-order chi connectivity index (χ1) is 26.8. The summed E-state index contributed by atoms with van der Waals surface area (Å²) in [6.07, 6.45) is 0. The van der Waals surface area contributed by atoms with Crippen LogP contribution in [0.15, 0.2) is 200 Å². The van der Waals surface area contributed by atoms with E-state index >= 15 is 0 Å². The quantitative estimate of drug-likeness (QED) is 0.179. The van der Waals surface area contributed by atoms with E-state index in [1.165, 1.54) is 44.1 Å². The standard InChI is InChI=1S/C50H33N3O/c1-4-17-34(18-5-1)47-41-32-31-40-39-25-10-11-26-42(39)52(49(40)50(41)53(36-21-8-3-9-22-36)48(47)35-19-6-2-7-20-35)38-24-16-23-37(33-38)51-43-27-12-14-29-45(43)54-46-30-15-13-28-44(46)51/h1-33H. The lowest BCUT2D eigenvalue weighted by Gasteiger charge is -2.33. The third-order valence-electron chi connectivity index (χ3n) is 10.7. The van der Waals surface area contributed by atoms with Crippen molar-refractivity contribution in [3.63, 3.8) is 0 Å². The first kappa shape index (κ1) is 30.3. The molecule has 0 saturated heterocycles. The summed E-state index contributed by atoms with van der Waals surface area (Å²) in [6.45, 7) is 0. The summed E-state index contributed by atoms with van der Waals surface area (Å²) in [5.74, 6) is 1.67. The molecule has 4 nitrogen and oxygen atoms in total. The van der Waals surface area contributed by atoms with Crippen molar-refractivity contribution in [3.8, 4) is 45.3 Å². The molecular formula is C50H33N3O. The number of fused-ring (bicyclic) bond motifs is 7. The number of hydrogen-bond donors (Lipinski definition) is 0. The van der Waals surface area contributed by atoms with Gasteiger partial charge in [0.2, 0.25) is 0 Å². The minimum absolute atomic E-state index is 0.836. The molecule has 1 aliphatic rings. The topological polar surface area (TPSA) is 22.3 Å². The van der Waals surface area contributed by atoms with E-state index in [1.807, 2.05) is 24.3 Å². The molecule has 0 amide bonds. The lowest BCUT2D eigenvalue weighted by Crippen LogP contribution is -2.15. The zero-order valence-corrected chi connectivity index (χ0v) is 29.3. The fourth-order valence-electron chi connectivity index (χ4n) is 8.44. The molecule has 0 bridgehead atoms. The van der Waals surface area contributed by atoms with E-state index in [-0.39, 0.29) is 0 Å². The number of para-hydroxylation sites is 6. The summed E-state index contributed by atoms with van der Waals surface area (Å²) in [5, 5.41) is 3.62. The van der Waals surface area contributed by atoms with Crippen molar-refractivity contribution >= 4 is 49.8 Å². The Morgan fingerprint density at radius 2 is 0.889 bits per heavy atom. The monoisotopic (exact) mass is 691 g/mol. The van der Waals surface area contributed by atoms with Crippen LogP contribution in [0.3, 0.4) is 0 Å². The third kappa shape index (κ3) is 4.57. The molecule has 0 N–H and O–H groups in total. The van der Waals surface area contributed by atoms with E-state index in [9.17, 15) is 0 Å². The number of anilines is 3. The van der Waals surface area contributed by atoms with Gasteiger partial charge in [-0.3, -0.25) is 0 Å². The van der Waals surface area contributed by atoms with Crippen molar-refractivity contribution in [2.75, 3.05) is 4.90 Å². The van der Waals surface area contributed by atoms with Crippen LogP contribution in [0, 0.1) is 0 Å². The van der Waals surface area contributed by atoms with Gasteiger partial charge in [0.1, 0.15) is 0 Å². The fourth-order valence-corrected chi connectivity index (χ4v) is 8.44. The molecule has 3 heterocycles. The molecule has 0 spiro atoms. The van der Waals surface area contributed by atoms with E-state index in [2.05, 4.69) is 190 Å². The third-order valence-corrected chi connectivity index (χ3v) is 10.7. The Hall–Kier alpha value is -7.30. The van der Waals surface area contributed by atoms with Crippen LogP contribution in [0.25, 0.3) is 66.5 Å². The summed E-state index contributed by atoms with van der Waals surface area (Å²) in [5.41, 5.74) is 13.5. The number of ether oxygens (including phenoxy) is 1. The number of aromatic nitrogens is 2. The van der Waals surface area contributed by atoms with Crippen molar-refractivity contribution in [3.05, 3.63) is 200 Å². The predicted octanol–water partition coefficient (Wildman–Crippen LogP) is 13.6. The smallest absolute Gasteiger partial charge is 0.151 e. The van der Waals surface area contributed by atoms with Gasteiger partial charge in [0.15, 0.2) is 11.5 Å². The maximum Gasteiger partial charge on any atom is 0.151 e. The zero-order chi connectivity index (χ0) is 35.6. The Kier molecular flexibility index (Phi) is 6.82. The van der Waals surface area contributed by atoms with Gasteiger partial charge in [-0.05, 0) is 71.8 Å². The minimum Gasteiger partial charge on any atom is -0.453 e. The molecule has 1 aliphatic heterocycles. The highest BCUT2D eigenvalue weighted by Gasteiger charge is 2.28. The van der Waals surface area contributed by atoms with Crippen LogP contribution in [0.5, 0.6) is 11.5 Å². The second kappa shape index (κ2) is 12.1. The Morgan fingerprint density at radius 1 is 0.352 bits per heavy atom. The van der Waals surface area contributed by atoms with Crippen molar-refractivity contribution in [1.29, 1.82) is 0 Å². The first-order valence-corrected chi connectivity index (χ1v) is 18.4. The molecule has 0 fully saturated rings. The highest BCUT2D eigenvalue weighted by atomic mass is 16.5. The summed E-state index contributed by atoms with van der Waals surface area (Å²) < 4.78 is 11.3. The zero-order valence-electron chi connectivity index (χ0n) is 29.3. The van der Waals surface area contributed by atoms with Gasteiger partial charge in [-0.2, -0.15) is 0 Å². The number of nitrogens with zero attached hydrogens (tertiary/aromatic N) is 3. The molecule has 0 radical (unpaired) electrons. The largest absolute Gasteiger partial charge is 0.453 e. The maximum atomic E-state index is 6.39. The van der Waals surface area contributed by atoms with E-state index in [1.54, 1.807) is 0 Å². The van der Waals surface area contributed by atoms with E-state index < -0.39 is 0 Å². The van der Waals surface area contributed by atoms with Crippen molar-refractivity contribution in [2.45, 2.75) is 0 Å². The Labute approximate surface area is 313 Å². The van der Waals surface area contributed by atoms with Gasteiger partial charge in [0.05, 0.1) is 33.6 Å². The van der Waals surface area contributed by atoms with Crippen LogP contribution in [-0.4, -0.2) is 9.13 Å². The van der Waals surface area contributed by atoms with Crippen molar-refractivity contribution in [1.82, 2.24) is 9.13 Å². The summed E-state index contributed by atoms with van der Waals surface area (Å²) in [4.78, 5) is 2.31. The molecule has 8 aromatic carbocycles. The van der Waals surface area contributed by atoms with Gasteiger partial charge in [0.25, 0.3) is 0 Å². The highest BCUT2D eigenvalue weighted by molar-refractivity contribution is 6.22. The van der Waals surface area contributed by atoms with E-state index in [4.69, 9.17) is 4.74 Å². The lowest BCUT2D eigenvalue weighted by atomic mass is 9.98. The van der Waals surface area contributed by atoms with E-state index in [0.29, 0.717) is 0 Å². The molecule has 0 aliphatic carbocycles. The van der Waals surface area contributed by atoms with Gasteiger partial charge in [0, 0.05) is 38.8 Å². The summed E-state index contributed by atoms with van der Waals surface area (Å²) >= 11 is 0. The highest BCUT2D eigenvalue weighted by Crippen LogP contribution is 2.51. The lowest BCUT2D eigenvalue weighted by molar-refractivity contribution is 0.477. The molecule has 0 saturated carbocycles. The SMILES string of the molecule is c1ccc(-c2c(-c3ccccc3)n(-c3ccccc3)c3c2ccc2c4ccccc4n(-c4cccc(N5c6ccccc6Oc6ccccc65)c4)c23)cc1. The predicted molar refractivity (Wildman–Crippen MR) is 223 cm³/mol. The average Bonchev–Trinajstić information content (AvgIpc) is 3.77. The molecular weight excluding hydrogens is 659 g/mol. The van der Waals surface area contributed by atoms with Crippen LogP contribution in [0.2, 0.25) is 0 Å². The van der Waals surface area contributed by atoms with Crippen LogP contribution in [0.4, 0.5) is 17.1 Å². The Morgan fingerprint density at radius 3 is 1.61 bits per heavy atom. The Balaban J connectivity index is 1.28. The number of hydrogen-bond acceptors (Lipinski definition) is 2. The van der Waals surface area contributed by atoms with Gasteiger partial charge in [-0.25, -0.2) is 0 Å². The fraction of sp³-hybridized carbons (Fsp3) is 0. The van der Waals surface area contributed by atoms with Crippen LogP contribution in [0.1, 0.15) is 0 Å². The van der Waals surface area contributed by atoms with Gasteiger partial charge < -0.3 is 18.8 Å². The number of rotatable bonds is 5. The molecule has 0 atom stereocenters. The average molecular weight is 692 g/mol. The molecule has 2 aromatic heterocycles. The Bertz CT molecular complexity index is 2970.